The number of anilines is 1. The molecule has 1 N–H and O–H groups in total. The highest BCUT2D eigenvalue weighted by Gasteiger charge is 2.22. The van der Waals surface area contributed by atoms with Gasteiger partial charge in [-0.15, -0.1) is 0 Å². The van der Waals surface area contributed by atoms with Crippen LogP contribution < -0.4 is 10.1 Å². The molecule has 0 saturated carbocycles. The van der Waals surface area contributed by atoms with Crippen LogP contribution in [0.3, 0.4) is 0 Å². The molecule has 0 atom stereocenters. The molecule has 0 aliphatic carbocycles. The van der Waals surface area contributed by atoms with Gasteiger partial charge in [0, 0.05) is 11.8 Å². The summed E-state index contributed by atoms with van der Waals surface area (Å²) in [7, 11) is 0. The zero-order valence-electron chi connectivity index (χ0n) is 19.2. The largest absolute Gasteiger partial charge is 0.494 e. The number of esters is 1. The summed E-state index contributed by atoms with van der Waals surface area (Å²) in [4.78, 5) is 29.8. The van der Waals surface area contributed by atoms with E-state index in [0.29, 0.717) is 18.8 Å². The minimum atomic E-state index is -0.562. The van der Waals surface area contributed by atoms with Gasteiger partial charge in [-0.3, -0.25) is 4.79 Å². The topological polar surface area (TPSA) is 95.3 Å². The van der Waals surface area contributed by atoms with Gasteiger partial charge in [-0.1, -0.05) is 35.9 Å². The van der Waals surface area contributed by atoms with E-state index in [2.05, 4.69) is 15.4 Å². The smallest absolute Gasteiger partial charge is 0.343 e. The van der Waals surface area contributed by atoms with Crippen LogP contribution in [0.2, 0.25) is 0 Å². The van der Waals surface area contributed by atoms with E-state index in [1.54, 1.807) is 13.0 Å². The average Bonchev–Trinajstić information content (AvgIpc) is 3.26. The van der Waals surface area contributed by atoms with Crippen LogP contribution in [0.4, 0.5) is 5.82 Å². The van der Waals surface area contributed by atoms with Gasteiger partial charge in [0.2, 0.25) is 5.91 Å². The molecule has 0 aliphatic heterocycles. The fraction of sp³-hybridized carbons (Fsp3) is 0.231. The Balaban J connectivity index is 1.49. The van der Waals surface area contributed by atoms with Gasteiger partial charge in [-0.05, 0) is 50.6 Å². The van der Waals surface area contributed by atoms with E-state index in [1.807, 2.05) is 61.5 Å². The third-order valence-electron chi connectivity index (χ3n) is 5.16. The van der Waals surface area contributed by atoms with Crippen LogP contribution >= 0.6 is 0 Å². The number of pyridine rings is 1. The predicted octanol–water partition coefficient (Wildman–Crippen LogP) is 4.70. The lowest BCUT2D eigenvalue weighted by Crippen LogP contribution is -2.18. The van der Waals surface area contributed by atoms with E-state index in [1.165, 1.54) is 10.9 Å². The second kappa shape index (κ2) is 10.6. The number of carbonyl (C=O) groups is 2. The number of aromatic nitrogens is 3. The first-order chi connectivity index (χ1) is 16.5. The van der Waals surface area contributed by atoms with Gasteiger partial charge < -0.3 is 14.8 Å². The maximum atomic E-state index is 12.7. The molecule has 0 bridgehead atoms. The summed E-state index contributed by atoms with van der Waals surface area (Å²) in [5.41, 5.74) is 2.10. The van der Waals surface area contributed by atoms with Gasteiger partial charge in [0.25, 0.3) is 0 Å². The number of nitrogens with zero attached hydrogens (tertiary/aromatic N) is 3. The van der Waals surface area contributed by atoms with Crippen LogP contribution in [0.25, 0.3) is 16.7 Å². The van der Waals surface area contributed by atoms with Gasteiger partial charge in [0.15, 0.2) is 11.6 Å². The average molecular weight is 459 g/mol. The Morgan fingerprint density at radius 2 is 1.82 bits per heavy atom. The summed E-state index contributed by atoms with van der Waals surface area (Å²) in [6, 6.07) is 19.1. The molecular weight excluding hydrogens is 432 g/mol. The lowest BCUT2D eigenvalue weighted by molar-refractivity contribution is -0.116. The van der Waals surface area contributed by atoms with E-state index in [4.69, 9.17) is 9.47 Å². The van der Waals surface area contributed by atoms with Crippen LogP contribution in [0.15, 0.2) is 66.9 Å². The van der Waals surface area contributed by atoms with Crippen LogP contribution in [0.1, 0.15) is 35.7 Å². The molecule has 2 aromatic carbocycles. The maximum absolute atomic E-state index is 12.7. The normalized spacial score (nSPS) is 10.8. The molecule has 8 heteroatoms. The predicted molar refractivity (Wildman–Crippen MR) is 129 cm³/mol. The number of aryl methyl sites for hydroxylation is 1. The summed E-state index contributed by atoms with van der Waals surface area (Å²) in [5, 5.41) is 8.10. The van der Waals surface area contributed by atoms with Gasteiger partial charge >= 0.3 is 5.97 Å². The van der Waals surface area contributed by atoms with E-state index in [-0.39, 0.29) is 30.3 Å². The summed E-state index contributed by atoms with van der Waals surface area (Å²) >= 11 is 0. The fourth-order valence-electron chi connectivity index (χ4n) is 3.43. The number of rotatable bonds is 9. The van der Waals surface area contributed by atoms with Gasteiger partial charge in [0.1, 0.15) is 11.3 Å². The molecular formula is C26H26N4O4. The highest BCUT2D eigenvalue weighted by molar-refractivity contribution is 6.00. The second-order valence-electron chi connectivity index (χ2n) is 7.71. The van der Waals surface area contributed by atoms with Crippen molar-refractivity contribution < 1.29 is 19.1 Å². The van der Waals surface area contributed by atoms with Crippen LogP contribution in [0, 0.1) is 6.92 Å². The lowest BCUT2D eigenvalue weighted by Gasteiger charge is -2.11. The number of amides is 1. The number of ether oxygens (including phenoxy) is 2. The standard InChI is InChI=1S/C26H26N4O4/c1-3-33-26(32)21-17-27-30(23-15-12-19-7-4-5-8-22(19)28-23)25(21)29-24(31)9-6-16-34-20-13-10-18(2)11-14-20/h4-5,7-8,10-15,17H,3,6,9,16H2,1-2H3,(H,29,31). The van der Waals surface area contributed by atoms with E-state index in [9.17, 15) is 9.59 Å². The molecule has 4 aromatic rings. The fourth-order valence-corrected chi connectivity index (χ4v) is 3.43. The third-order valence-corrected chi connectivity index (χ3v) is 5.16. The first kappa shape index (κ1) is 23.0. The Morgan fingerprint density at radius 3 is 2.62 bits per heavy atom. The summed E-state index contributed by atoms with van der Waals surface area (Å²) < 4.78 is 12.3. The van der Waals surface area contributed by atoms with E-state index < -0.39 is 5.97 Å². The molecule has 8 nitrogen and oxygen atoms in total. The summed E-state index contributed by atoms with van der Waals surface area (Å²) in [6.07, 6.45) is 2.10. The van der Waals surface area contributed by atoms with Crippen molar-refractivity contribution in [1.29, 1.82) is 0 Å². The van der Waals surface area contributed by atoms with Crippen molar-refractivity contribution in [2.45, 2.75) is 26.7 Å². The molecule has 1 amide bonds. The first-order valence-corrected chi connectivity index (χ1v) is 11.2. The molecule has 0 aliphatic rings. The van der Waals surface area contributed by atoms with E-state index >= 15 is 0 Å². The Hall–Kier alpha value is -4.20. The molecule has 34 heavy (non-hydrogen) atoms. The molecule has 0 fully saturated rings. The Kier molecular flexibility index (Phi) is 7.17. The quantitative estimate of drug-likeness (QED) is 0.288. The minimum absolute atomic E-state index is 0.168. The minimum Gasteiger partial charge on any atom is -0.494 e. The number of carbonyl (C=O) groups excluding carboxylic acids is 2. The summed E-state index contributed by atoms with van der Waals surface area (Å²) in [5.74, 6) is 0.641. The monoisotopic (exact) mass is 458 g/mol. The molecule has 0 spiro atoms. The van der Waals surface area contributed by atoms with Gasteiger partial charge in [-0.25, -0.2) is 9.78 Å². The van der Waals surface area contributed by atoms with Crippen LogP contribution in [0.5, 0.6) is 5.75 Å². The van der Waals surface area contributed by atoms with Gasteiger partial charge in [0.05, 0.1) is 24.9 Å². The molecule has 174 valence electrons. The van der Waals surface area contributed by atoms with Crippen molar-refractivity contribution >= 4 is 28.6 Å². The van der Waals surface area contributed by atoms with Crippen LogP contribution in [-0.4, -0.2) is 39.9 Å². The number of fused-ring (bicyclic) bond motifs is 1. The van der Waals surface area contributed by atoms with Crippen LogP contribution in [-0.2, 0) is 9.53 Å². The van der Waals surface area contributed by atoms with Crippen molar-refractivity contribution in [2.75, 3.05) is 18.5 Å². The number of para-hydroxylation sites is 1. The van der Waals surface area contributed by atoms with Crippen molar-refractivity contribution in [1.82, 2.24) is 14.8 Å². The zero-order valence-corrected chi connectivity index (χ0v) is 19.2. The molecule has 0 saturated heterocycles. The number of nitrogens with one attached hydrogen (secondary N) is 1. The van der Waals surface area contributed by atoms with Crippen molar-refractivity contribution in [3.05, 3.63) is 78.0 Å². The summed E-state index contributed by atoms with van der Waals surface area (Å²) in [6.45, 7) is 4.34. The molecule has 2 aromatic heterocycles. The van der Waals surface area contributed by atoms with Crippen molar-refractivity contribution in [3.63, 3.8) is 0 Å². The highest BCUT2D eigenvalue weighted by atomic mass is 16.5. The Bertz CT molecular complexity index is 1300. The number of hydrogen-bond acceptors (Lipinski definition) is 6. The molecule has 0 unspecified atom stereocenters. The highest BCUT2D eigenvalue weighted by Crippen LogP contribution is 2.23. The molecule has 4 rings (SSSR count). The first-order valence-electron chi connectivity index (χ1n) is 11.2. The van der Waals surface area contributed by atoms with Crippen molar-refractivity contribution in [2.24, 2.45) is 0 Å². The molecule has 0 radical (unpaired) electrons. The molecule has 2 heterocycles. The zero-order chi connectivity index (χ0) is 23.9. The van der Waals surface area contributed by atoms with Crippen molar-refractivity contribution in [3.8, 4) is 11.6 Å². The number of hydrogen-bond donors (Lipinski definition) is 1. The lowest BCUT2D eigenvalue weighted by atomic mass is 10.2. The SMILES string of the molecule is CCOC(=O)c1cnn(-c2ccc3ccccc3n2)c1NC(=O)CCCOc1ccc(C)cc1. The Labute approximate surface area is 197 Å². The maximum Gasteiger partial charge on any atom is 0.343 e. The second-order valence-corrected chi connectivity index (χ2v) is 7.71. The Morgan fingerprint density at radius 1 is 1.03 bits per heavy atom. The van der Waals surface area contributed by atoms with E-state index in [0.717, 1.165) is 22.2 Å². The van der Waals surface area contributed by atoms with Gasteiger partial charge in [-0.2, -0.15) is 9.78 Å². The number of benzene rings is 2. The third kappa shape index (κ3) is 5.40.